The van der Waals surface area contributed by atoms with E-state index in [1.165, 1.54) is 0 Å². The van der Waals surface area contributed by atoms with Crippen LogP contribution in [0.5, 0.6) is 0 Å². The highest BCUT2D eigenvalue weighted by molar-refractivity contribution is 5.79. The molecule has 0 N–H and O–H groups in total. The van der Waals surface area contributed by atoms with E-state index in [0.717, 1.165) is 31.5 Å². The number of nitrogens with zero attached hydrogens (tertiary/aromatic N) is 2. The Labute approximate surface area is 90.1 Å². The Bertz CT molecular complexity index is 307. The van der Waals surface area contributed by atoms with E-state index >= 15 is 0 Å². The van der Waals surface area contributed by atoms with Crippen LogP contribution in [0.25, 0.3) is 0 Å². The summed E-state index contributed by atoms with van der Waals surface area (Å²) in [7, 11) is 0. The maximum Gasteiger partial charge on any atom is 0.234 e. The number of ketones is 1. The smallest absolute Gasteiger partial charge is 0.234 e. The molecule has 0 bridgehead atoms. The molecule has 0 aliphatic carbocycles. The topological polar surface area (TPSA) is 56.0 Å². The molecule has 0 aliphatic rings. The van der Waals surface area contributed by atoms with Crippen molar-refractivity contribution in [3.63, 3.8) is 0 Å². The van der Waals surface area contributed by atoms with Gasteiger partial charge in [0, 0.05) is 12.8 Å². The van der Waals surface area contributed by atoms with Gasteiger partial charge in [0.15, 0.2) is 5.82 Å². The summed E-state index contributed by atoms with van der Waals surface area (Å²) in [4.78, 5) is 15.5. The molecule has 4 nitrogen and oxygen atoms in total. The van der Waals surface area contributed by atoms with E-state index in [4.69, 9.17) is 4.52 Å². The van der Waals surface area contributed by atoms with Gasteiger partial charge in [0.05, 0.1) is 6.42 Å². The van der Waals surface area contributed by atoms with Crippen LogP contribution < -0.4 is 0 Å². The molecule has 15 heavy (non-hydrogen) atoms. The monoisotopic (exact) mass is 210 g/mol. The van der Waals surface area contributed by atoms with Crippen molar-refractivity contribution >= 4 is 5.78 Å². The Kier molecular flexibility index (Phi) is 5.01. The van der Waals surface area contributed by atoms with Gasteiger partial charge in [0.1, 0.15) is 5.78 Å². The van der Waals surface area contributed by atoms with Gasteiger partial charge in [-0.1, -0.05) is 25.4 Å². The molecule has 84 valence electrons. The highest BCUT2D eigenvalue weighted by Crippen LogP contribution is 2.04. The van der Waals surface area contributed by atoms with Gasteiger partial charge in [-0.05, 0) is 12.8 Å². The van der Waals surface area contributed by atoms with E-state index in [0.29, 0.717) is 12.3 Å². The minimum Gasteiger partial charge on any atom is -0.339 e. The first-order chi connectivity index (χ1) is 7.26. The van der Waals surface area contributed by atoms with Gasteiger partial charge in [0.25, 0.3) is 0 Å². The molecule has 0 spiro atoms. The van der Waals surface area contributed by atoms with E-state index in [2.05, 4.69) is 17.1 Å². The molecule has 1 aromatic rings. The molecule has 0 unspecified atom stereocenters. The van der Waals surface area contributed by atoms with Crippen LogP contribution in [0, 0.1) is 0 Å². The lowest BCUT2D eigenvalue weighted by molar-refractivity contribution is -0.118. The maximum absolute atomic E-state index is 11.3. The summed E-state index contributed by atoms with van der Waals surface area (Å²) in [6.45, 7) is 4.10. The Morgan fingerprint density at radius 2 is 2.13 bits per heavy atom. The number of aromatic nitrogens is 2. The summed E-state index contributed by atoms with van der Waals surface area (Å²) in [5.74, 6) is 1.35. The van der Waals surface area contributed by atoms with Crippen LogP contribution in [0.15, 0.2) is 4.52 Å². The van der Waals surface area contributed by atoms with Crippen LogP contribution in [0.3, 0.4) is 0 Å². The second-order valence-electron chi connectivity index (χ2n) is 3.67. The fourth-order valence-corrected chi connectivity index (χ4v) is 1.33. The Balaban J connectivity index is 2.42. The molecule has 1 heterocycles. The lowest BCUT2D eigenvalue weighted by atomic mass is 10.2. The summed E-state index contributed by atoms with van der Waals surface area (Å²) in [6.07, 6.45) is 4.75. The number of unbranched alkanes of at least 4 members (excludes halogenated alkanes) is 1. The minimum absolute atomic E-state index is 0.170. The molecule has 0 aliphatic heterocycles. The van der Waals surface area contributed by atoms with Crippen molar-refractivity contribution in [3.05, 3.63) is 11.7 Å². The first kappa shape index (κ1) is 11.9. The van der Waals surface area contributed by atoms with Crippen molar-refractivity contribution < 1.29 is 9.32 Å². The normalized spacial score (nSPS) is 10.5. The molecule has 0 amide bonds. The second kappa shape index (κ2) is 6.32. The lowest BCUT2D eigenvalue weighted by Crippen LogP contribution is -2.02. The fourth-order valence-electron chi connectivity index (χ4n) is 1.33. The quantitative estimate of drug-likeness (QED) is 0.693. The summed E-state index contributed by atoms with van der Waals surface area (Å²) in [6, 6.07) is 0. The molecular formula is C11H18N2O2. The number of carbonyl (C=O) groups is 1. The number of carbonyl (C=O) groups excluding carboxylic acids is 1. The molecular weight excluding hydrogens is 192 g/mol. The van der Waals surface area contributed by atoms with Gasteiger partial charge in [-0.3, -0.25) is 4.79 Å². The van der Waals surface area contributed by atoms with Gasteiger partial charge >= 0.3 is 0 Å². The van der Waals surface area contributed by atoms with Crippen LogP contribution in [0.2, 0.25) is 0 Å². The molecule has 0 aromatic carbocycles. The van der Waals surface area contributed by atoms with Crippen molar-refractivity contribution in [2.45, 2.75) is 52.4 Å². The summed E-state index contributed by atoms with van der Waals surface area (Å²) < 4.78 is 5.00. The molecule has 4 heteroatoms. The average Bonchev–Trinajstić information content (AvgIpc) is 2.63. The Morgan fingerprint density at radius 1 is 1.33 bits per heavy atom. The summed E-state index contributed by atoms with van der Waals surface area (Å²) >= 11 is 0. The SMILES string of the molecule is CCCCc1noc(CC(=O)CCC)n1. The van der Waals surface area contributed by atoms with E-state index in [-0.39, 0.29) is 12.2 Å². The van der Waals surface area contributed by atoms with Crippen LogP contribution >= 0.6 is 0 Å². The van der Waals surface area contributed by atoms with Gasteiger partial charge in [-0.15, -0.1) is 0 Å². The molecule has 0 fully saturated rings. The van der Waals surface area contributed by atoms with Crippen LogP contribution in [0.1, 0.15) is 51.2 Å². The number of hydrogen-bond donors (Lipinski definition) is 0. The largest absolute Gasteiger partial charge is 0.339 e. The maximum atomic E-state index is 11.3. The number of Topliss-reactive ketones (excluding diaryl/α,β-unsaturated/α-hetero) is 1. The molecule has 1 rings (SSSR count). The van der Waals surface area contributed by atoms with E-state index in [9.17, 15) is 4.79 Å². The van der Waals surface area contributed by atoms with E-state index in [1.54, 1.807) is 0 Å². The van der Waals surface area contributed by atoms with Crippen molar-refractivity contribution in [2.75, 3.05) is 0 Å². The molecule has 0 saturated carbocycles. The minimum atomic E-state index is 0.170. The predicted molar refractivity (Wildman–Crippen MR) is 56.5 cm³/mol. The third-order valence-corrected chi connectivity index (χ3v) is 2.14. The van der Waals surface area contributed by atoms with Crippen LogP contribution in [0.4, 0.5) is 0 Å². The zero-order chi connectivity index (χ0) is 11.1. The summed E-state index contributed by atoms with van der Waals surface area (Å²) in [5, 5.41) is 3.83. The van der Waals surface area contributed by atoms with Crippen molar-refractivity contribution in [3.8, 4) is 0 Å². The Morgan fingerprint density at radius 3 is 2.80 bits per heavy atom. The first-order valence-corrected chi connectivity index (χ1v) is 5.59. The zero-order valence-electron chi connectivity index (χ0n) is 9.45. The van der Waals surface area contributed by atoms with Gasteiger partial charge in [-0.25, -0.2) is 0 Å². The van der Waals surface area contributed by atoms with E-state index in [1.807, 2.05) is 6.92 Å². The van der Waals surface area contributed by atoms with Gasteiger partial charge in [-0.2, -0.15) is 4.98 Å². The molecule has 0 atom stereocenters. The van der Waals surface area contributed by atoms with Gasteiger partial charge in [0.2, 0.25) is 5.89 Å². The molecule has 0 saturated heterocycles. The highest BCUT2D eigenvalue weighted by Gasteiger charge is 2.09. The van der Waals surface area contributed by atoms with Crippen molar-refractivity contribution in [1.82, 2.24) is 10.1 Å². The number of aryl methyl sites for hydroxylation is 1. The van der Waals surface area contributed by atoms with E-state index < -0.39 is 0 Å². The Hall–Kier alpha value is -1.19. The highest BCUT2D eigenvalue weighted by atomic mass is 16.5. The lowest BCUT2D eigenvalue weighted by Gasteiger charge is -1.92. The third kappa shape index (κ3) is 4.23. The van der Waals surface area contributed by atoms with Crippen LogP contribution in [-0.2, 0) is 17.6 Å². The summed E-state index contributed by atoms with van der Waals surface area (Å²) in [5.41, 5.74) is 0. The third-order valence-electron chi connectivity index (χ3n) is 2.14. The predicted octanol–water partition coefficient (Wildman–Crippen LogP) is 2.32. The van der Waals surface area contributed by atoms with Gasteiger partial charge < -0.3 is 4.52 Å². The molecule has 0 radical (unpaired) electrons. The number of hydrogen-bond acceptors (Lipinski definition) is 4. The molecule has 1 aromatic heterocycles. The van der Waals surface area contributed by atoms with Crippen molar-refractivity contribution in [1.29, 1.82) is 0 Å². The zero-order valence-corrected chi connectivity index (χ0v) is 9.45. The van der Waals surface area contributed by atoms with Crippen molar-refractivity contribution in [2.24, 2.45) is 0 Å². The average molecular weight is 210 g/mol. The second-order valence-corrected chi connectivity index (χ2v) is 3.67. The number of rotatable bonds is 7. The van der Waals surface area contributed by atoms with Crippen LogP contribution in [-0.4, -0.2) is 15.9 Å². The first-order valence-electron chi connectivity index (χ1n) is 5.59. The fraction of sp³-hybridized carbons (Fsp3) is 0.727. The standard InChI is InChI=1S/C11H18N2O2/c1-3-5-7-10-12-11(15-13-10)8-9(14)6-4-2/h3-8H2,1-2H3.